The first-order chi connectivity index (χ1) is 12.9. The fraction of sp³-hybridized carbons (Fsp3) is 0.150. The number of hydrogen-bond acceptors (Lipinski definition) is 6. The molecule has 1 aromatic heterocycles. The van der Waals surface area contributed by atoms with Crippen molar-refractivity contribution in [2.24, 2.45) is 5.10 Å². The van der Waals surface area contributed by atoms with Crippen molar-refractivity contribution in [2.45, 2.75) is 20.8 Å². The molecule has 7 heteroatoms. The number of phenols is 2. The van der Waals surface area contributed by atoms with Gasteiger partial charge in [0.1, 0.15) is 21.4 Å². The molecule has 1 amide bonds. The van der Waals surface area contributed by atoms with Gasteiger partial charge in [0.25, 0.3) is 5.91 Å². The second kappa shape index (κ2) is 7.59. The molecule has 3 N–H and O–H groups in total. The molecule has 0 bridgehead atoms. The van der Waals surface area contributed by atoms with E-state index in [9.17, 15) is 15.0 Å². The Balaban J connectivity index is 1.76. The molecule has 0 saturated carbocycles. The monoisotopic (exact) mass is 381 g/mol. The number of hydrogen-bond donors (Lipinski definition) is 3. The average molecular weight is 381 g/mol. The van der Waals surface area contributed by atoms with E-state index in [1.54, 1.807) is 57.2 Å². The molecule has 2 aromatic carbocycles. The Morgan fingerprint density at radius 2 is 1.81 bits per heavy atom. The SMILES string of the molecule is Cc1cc(/C=N/NC(=O)c2sc(-c3ccccc3O)nc2C)cc(C)c1O. The molecule has 0 fully saturated rings. The Kier molecular flexibility index (Phi) is 5.23. The molecule has 0 spiro atoms. The number of aromatic nitrogens is 1. The maximum absolute atomic E-state index is 12.4. The number of phenolic OH excluding ortho intramolecular Hbond substituents is 2. The van der Waals surface area contributed by atoms with Crippen LogP contribution in [0.25, 0.3) is 10.6 Å². The highest BCUT2D eigenvalue weighted by Crippen LogP contribution is 2.33. The number of carbonyl (C=O) groups is 1. The molecule has 138 valence electrons. The summed E-state index contributed by atoms with van der Waals surface area (Å²) < 4.78 is 0. The zero-order valence-electron chi connectivity index (χ0n) is 15.1. The van der Waals surface area contributed by atoms with E-state index < -0.39 is 0 Å². The Morgan fingerprint density at radius 1 is 1.15 bits per heavy atom. The first kappa shape index (κ1) is 18.6. The number of nitrogens with one attached hydrogen (secondary N) is 1. The minimum absolute atomic E-state index is 0.120. The lowest BCUT2D eigenvalue weighted by Gasteiger charge is -2.04. The van der Waals surface area contributed by atoms with Gasteiger partial charge in [-0.1, -0.05) is 12.1 Å². The van der Waals surface area contributed by atoms with Crippen molar-refractivity contribution < 1.29 is 15.0 Å². The third-order valence-electron chi connectivity index (χ3n) is 4.03. The number of carbonyl (C=O) groups excluding carboxylic acids is 1. The molecule has 1 heterocycles. The predicted molar refractivity (Wildman–Crippen MR) is 107 cm³/mol. The van der Waals surface area contributed by atoms with Gasteiger partial charge < -0.3 is 10.2 Å². The maximum atomic E-state index is 12.4. The van der Waals surface area contributed by atoms with E-state index >= 15 is 0 Å². The van der Waals surface area contributed by atoms with Gasteiger partial charge in [-0.2, -0.15) is 5.10 Å². The number of nitrogens with zero attached hydrogens (tertiary/aromatic N) is 2. The van der Waals surface area contributed by atoms with Crippen molar-refractivity contribution in [3.63, 3.8) is 0 Å². The number of aromatic hydroxyl groups is 2. The van der Waals surface area contributed by atoms with Gasteiger partial charge in [0.15, 0.2) is 0 Å². The highest BCUT2D eigenvalue weighted by Gasteiger charge is 2.17. The Hall–Kier alpha value is -3.19. The van der Waals surface area contributed by atoms with Gasteiger partial charge in [0.2, 0.25) is 0 Å². The van der Waals surface area contributed by atoms with Gasteiger partial charge in [-0.15, -0.1) is 11.3 Å². The smallest absolute Gasteiger partial charge is 0.283 e. The Bertz CT molecular complexity index is 1020. The van der Waals surface area contributed by atoms with Crippen molar-refractivity contribution in [3.05, 3.63) is 63.7 Å². The molecule has 6 nitrogen and oxygen atoms in total. The van der Waals surface area contributed by atoms with E-state index in [0.717, 1.165) is 16.7 Å². The van der Waals surface area contributed by atoms with Crippen molar-refractivity contribution >= 4 is 23.5 Å². The molecule has 0 aliphatic heterocycles. The minimum Gasteiger partial charge on any atom is -0.507 e. The summed E-state index contributed by atoms with van der Waals surface area (Å²) >= 11 is 1.20. The number of aryl methyl sites for hydroxylation is 3. The lowest BCUT2D eigenvalue weighted by Crippen LogP contribution is -2.17. The van der Waals surface area contributed by atoms with E-state index in [0.29, 0.717) is 21.1 Å². The molecule has 27 heavy (non-hydrogen) atoms. The van der Waals surface area contributed by atoms with Crippen LogP contribution in [0.1, 0.15) is 32.1 Å². The largest absolute Gasteiger partial charge is 0.507 e. The van der Waals surface area contributed by atoms with E-state index in [4.69, 9.17) is 0 Å². The van der Waals surface area contributed by atoms with Crippen LogP contribution in [0, 0.1) is 20.8 Å². The summed E-state index contributed by atoms with van der Waals surface area (Å²) in [4.78, 5) is 17.2. The van der Waals surface area contributed by atoms with E-state index in [2.05, 4.69) is 15.5 Å². The third kappa shape index (κ3) is 3.98. The third-order valence-corrected chi connectivity index (χ3v) is 5.22. The molecular formula is C20H19N3O3S. The van der Waals surface area contributed by atoms with Crippen LogP contribution < -0.4 is 5.43 Å². The fourth-order valence-electron chi connectivity index (χ4n) is 2.66. The molecule has 0 unspecified atom stereocenters. The van der Waals surface area contributed by atoms with Crippen LogP contribution in [0.3, 0.4) is 0 Å². The zero-order chi connectivity index (χ0) is 19.6. The number of thiazole rings is 1. The highest BCUT2D eigenvalue weighted by atomic mass is 32.1. The first-order valence-corrected chi connectivity index (χ1v) is 9.08. The first-order valence-electron chi connectivity index (χ1n) is 8.26. The zero-order valence-corrected chi connectivity index (χ0v) is 16.0. The summed E-state index contributed by atoms with van der Waals surface area (Å²) in [5.74, 6) is 0.0117. The van der Waals surface area contributed by atoms with Crippen LogP contribution in [0.4, 0.5) is 0 Å². The molecule has 3 rings (SSSR count). The number of amides is 1. The fourth-order valence-corrected chi connectivity index (χ4v) is 3.65. The molecule has 0 atom stereocenters. The van der Waals surface area contributed by atoms with Gasteiger partial charge >= 0.3 is 0 Å². The van der Waals surface area contributed by atoms with Crippen LogP contribution in [0.2, 0.25) is 0 Å². The molecule has 0 aliphatic carbocycles. The van der Waals surface area contributed by atoms with Gasteiger partial charge in [0, 0.05) is 0 Å². The summed E-state index contributed by atoms with van der Waals surface area (Å²) in [6, 6.07) is 10.4. The van der Waals surface area contributed by atoms with Crippen LogP contribution in [-0.4, -0.2) is 27.3 Å². The normalized spacial score (nSPS) is 11.1. The van der Waals surface area contributed by atoms with Gasteiger partial charge in [-0.25, -0.2) is 10.4 Å². The standard InChI is InChI=1S/C20H19N3O3S/c1-11-8-14(9-12(2)17(11)25)10-21-23-19(26)18-13(3)22-20(27-18)15-6-4-5-7-16(15)24/h4-10,24-25H,1-3H3,(H,23,26)/b21-10+. The number of rotatable bonds is 4. The van der Waals surface area contributed by atoms with Crippen LogP contribution >= 0.6 is 11.3 Å². The second-order valence-electron chi connectivity index (χ2n) is 6.15. The number of para-hydroxylation sites is 1. The predicted octanol–water partition coefficient (Wildman–Crippen LogP) is 3.91. The number of hydrazone groups is 1. The van der Waals surface area contributed by atoms with Crippen molar-refractivity contribution in [2.75, 3.05) is 0 Å². The van der Waals surface area contributed by atoms with Crippen molar-refractivity contribution in [1.82, 2.24) is 10.4 Å². The molecular weight excluding hydrogens is 362 g/mol. The average Bonchev–Trinajstić information content (AvgIpc) is 3.01. The molecule has 0 aliphatic rings. The summed E-state index contributed by atoms with van der Waals surface area (Å²) in [5, 5.41) is 24.3. The maximum Gasteiger partial charge on any atom is 0.283 e. The molecule has 0 saturated heterocycles. The van der Waals surface area contributed by atoms with Gasteiger partial charge in [-0.3, -0.25) is 4.79 Å². The van der Waals surface area contributed by atoms with E-state index in [1.807, 2.05) is 0 Å². The number of benzene rings is 2. The van der Waals surface area contributed by atoms with Gasteiger partial charge in [-0.05, 0) is 61.7 Å². The topological polar surface area (TPSA) is 94.8 Å². The summed E-state index contributed by atoms with van der Waals surface area (Å²) in [6.07, 6.45) is 1.53. The lowest BCUT2D eigenvalue weighted by atomic mass is 10.1. The Morgan fingerprint density at radius 3 is 2.48 bits per heavy atom. The van der Waals surface area contributed by atoms with Crippen molar-refractivity contribution in [3.8, 4) is 22.1 Å². The quantitative estimate of drug-likeness (QED) is 0.472. The van der Waals surface area contributed by atoms with E-state index in [1.165, 1.54) is 17.6 Å². The minimum atomic E-state index is -0.366. The highest BCUT2D eigenvalue weighted by molar-refractivity contribution is 7.17. The van der Waals surface area contributed by atoms with Crippen LogP contribution in [0.5, 0.6) is 11.5 Å². The van der Waals surface area contributed by atoms with Crippen LogP contribution in [0.15, 0.2) is 41.5 Å². The molecule has 3 aromatic rings. The van der Waals surface area contributed by atoms with Gasteiger partial charge in [0.05, 0.1) is 17.5 Å². The van der Waals surface area contributed by atoms with Crippen molar-refractivity contribution in [1.29, 1.82) is 0 Å². The Labute approximate surface area is 160 Å². The summed E-state index contributed by atoms with van der Waals surface area (Å²) in [7, 11) is 0. The lowest BCUT2D eigenvalue weighted by molar-refractivity contribution is 0.0958. The molecule has 0 radical (unpaired) electrons. The van der Waals surface area contributed by atoms with E-state index in [-0.39, 0.29) is 17.4 Å². The van der Waals surface area contributed by atoms with Crippen LogP contribution in [-0.2, 0) is 0 Å². The second-order valence-corrected chi connectivity index (χ2v) is 7.15. The summed E-state index contributed by atoms with van der Waals surface area (Å²) in [6.45, 7) is 5.35. The summed E-state index contributed by atoms with van der Waals surface area (Å²) in [5.41, 5.74) is 5.92.